The maximum Gasteiger partial charge on any atom is 0.329 e. The molecule has 1 aromatic heterocycles. The van der Waals surface area contributed by atoms with Gasteiger partial charge in [-0.1, -0.05) is 42.1 Å². The van der Waals surface area contributed by atoms with Crippen molar-refractivity contribution < 1.29 is 9.18 Å². The highest BCUT2D eigenvalue weighted by atomic mass is 32.2. The van der Waals surface area contributed by atoms with E-state index in [2.05, 4.69) is 5.32 Å². The highest BCUT2D eigenvalue weighted by Gasteiger charge is 2.18. The largest absolute Gasteiger partial charge is 0.329 e. The summed E-state index contributed by atoms with van der Waals surface area (Å²) in [6, 6.07) is 19.3. The van der Waals surface area contributed by atoms with Gasteiger partial charge in [0.25, 0.3) is 5.91 Å². The molecule has 31 heavy (non-hydrogen) atoms. The lowest BCUT2D eigenvalue weighted by Gasteiger charge is -2.13. The molecule has 0 bridgehead atoms. The minimum Gasteiger partial charge on any atom is -0.321 e. The Hall–Kier alpha value is -3.32. The Bertz CT molecular complexity index is 1310. The molecule has 4 rings (SSSR count). The predicted molar refractivity (Wildman–Crippen MR) is 122 cm³/mol. The van der Waals surface area contributed by atoms with E-state index < -0.39 is 11.7 Å². The van der Waals surface area contributed by atoms with Gasteiger partial charge in [0.2, 0.25) is 0 Å². The third-order valence-electron chi connectivity index (χ3n) is 5.09. The van der Waals surface area contributed by atoms with Crippen LogP contribution >= 0.6 is 11.8 Å². The SMILES string of the molecule is CCn1c(=O)n(CC)c2cc(Sc3ccccc3)c(NC(=O)c3ccccc3F)cc21. The molecule has 0 aliphatic rings. The van der Waals surface area contributed by atoms with E-state index >= 15 is 0 Å². The van der Waals surface area contributed by atoms with Crippen molar-refractivity contribution in [3.63, 3.8) is 0 Å². The molecule has 0 radical (unpaired) electrons. The van der Waals surface area contributed by atoms with E-state index in [1.54, 1.807) is 27.3 Å². The summed E-state index contributed by atoms with van der Waals surface area (Å²) in [7, 11) is 0. The van der Waals surface area contributed by atoms with E-state index in [1.807, 2.05) is 50.2 Å². The summed E-state index contributed by atoms with van der Waals surface area (Å²) < 4.78 is 17.5. The highest BCUT2D eigenvalue weighted by molar-refractivity contribution is 7.99. The fraction of sp³-hybridized carbons (Fsp3) is 0.167. The average Bonchev–Trinajstić information content (AvgIpc) is 3.04. The summed E-state index contributed by atoms with van der Waals surface area (Å²) >= 11 is 1.48. The molecule has 5 nitrogen and oxygen atoms in total. The molecule has 0 fully saturated rings. The second-order valence-corrected chi connectivity index (χ2v) is 8.07. The van der Waals surface area contributed by atoms with Gasteiger partial charge >= 0.3 is 5.69 Å². The third-order valence-corrected chi connectivity index (χ3v) is 6.16. The summed E-state index contributed by atoms with van der Waals surface area (Å²) in [5.41, 5.74) is 1.95. The van der Waals surface area contributed by atoms with Gasteiger partial charge in [0.1, 0.15) is 5.82 Å². The van der Waals surface area contributed by atoms with Crippen LogP contribution in [0.4, 0.5) is 10.1 Å². The van der Waals surface area contributed by atoms with Gasteiger partial charge in [-0.25, -0.2) is 9.18 Å². The molecule has 1 heterocycles. The van der Waals surface area contributed by atoms with E-state index in [0.717, 1.165) is 20.8 Å². The molecule has 0 aliphatic carbocycles. The summed E-state index contributed by atoms with van der Waals surface area (Å²) in [5, 5.41) is 2.85. The molecule has 3 aromatic carbocycles. The van der Waals surface area contributed by atoms with Crippen molar-refractivity contribution in [2.45, 2.75) is 36.7 Å². The van der Waals surface area contributed by atoms with Crippen molar-refractivity contribution in [2.24, 2.45) is 0 Å². The monoisotopic (exact) mass is 435 g/mol. The van der Waals surface area contributed by atoms with Crippen molar-refractivity contribution in [1.82, 2.24) is 9.13 Å². The second-order valence-electron chi connectivity index (χ2n) is 6.96. The Balaban J connectivity index is 1.86. The molecule has 0 unspecified atom stereocenters. The number of anilines is 1. The number of hydrogen-bond acceptors (Lipinski definition) is 3. The summed E-state index contributed by atoms with van der Waals surface area (Å²) in [6.45, 7) is 4.89. The number of nitrogens with one attached hydrogen (secondary N) is 1. The van der Waals surface area contributed by atoms with Gasteiger partial charge in [0.15, 0.2) is 0 Å². The van der Waals surface area contributed by atoms with E-state index in [4.69, 9.17) is 0 Å². The van der Waals surface area contributed by atoms with Crippen molar-refractivity contribution in [3.05, 3.63) is 88.6 Å². The number of nitrogens with zero attached hydrogens (tertiary/aromatic N) is 2. The summed E-state index contributed by atoms with van der Waals surface area (Å²) in [5.74, 6) is -1.12. The van der Waals surface area contributed by atoms with Crippen LogP contribution in [-0.4, -0.2) is 15.0 Å². The van der Waals surface area contributed by atoms with Gasteiger partial charge in [0, 0.05) is 22.9 Å². The fourth-order valence-electron chi connectivity index (χ4n) is 3.59. The van der Waals surface area contributed by atoms with Crippen LogP contribution < -0.4 is 11.0 Å². The zero-order valence-corrected chi connectivity index (χ0v) is 18.1. The predicted octanol–water partition coefficient (Wildman–Crippen LogP) is 5.39. The van der Waals surface area contributed by atoms with Crippen molar-refractivity contribution >= 4 is 34.4 Å². The molecule has 1 N–H and O–H groups in total. The molecule has 0 saturated heterocycles. The number of amides is 1. The number of fused-ring (bicyclic) bond motifs is 1. The Kier molecular flexibility index (Phi) is 5.95. The Morgan fingerprint density at radius 1 is 0.935 bits per heavy atom. The molecule has 7 heteroatoms. The van der Waals surface area contributed by atoms with E-state index in [1.165, 1.54) is 23.9 Å². The molecule has 0 atom stereocenters. The maximum absolute atomic E-state index is 14.1. The third kappa shape index (κ3) is 4.01. The number of imidazole rings is 1. The lowest BCUT2D eigenvalue weighted by Crippen LogP contribution is -2.23. The van der Waals surface area contributed by atoms with Crippen LogP contribution in [0.5, 0.6) is 0 Å². The van der Waals surface area contributed by atoms with Gasteiger partial charge in [-0.2, -0.15) is 0 Å². The zero-order chi connectivity index (χ0) is 22.0. The lowest BCUT2D eigenvalue weighted by atomic mass is 10.2. The zero-order valence-electron chi connectivity index (χ0n) is 17.3. The van der Waals surface area contributed by atoms with Gasteiger partial charge < -0.3 is 5.32 Å². The number of hydrogen-bond donors (Lipinski definition) is 1. The van der Waals surface area contributed by atoms with E-state index in [0.29, 0.717) is 18.8 Å². The van der Waals surface area contributed by atoms with Gasteiger partial charge in [-0.15, -0.1) is 0 Å². The van der Waals surface area contributed by atoms with Crippen molar-refractivity contribution in [1.29, 1.82) is 0 Å². The number of halogens is 1. The first-order chi connectivity index (χ1) is 15.0. The molecule has 4 aromatic rings. The first-order valence-electron chi connectivity index (χ1n) is 10.1. The fourth-order valence-corrected chi connectivity index (χ4v) is 4.52. The Labute approximate surface area is 183 Å². The first kappa shape index (κ1) is 20.9. The van der Waals surface area contributed by atoms with Crippen LogP contribution in [0, 0.1) is 5.82 Å². The van der Waals surface area contributed by atoms with E-state index in [-0.39, 0.29) is 11.3 Å². The van der Waals surface area contributed by atoms with Crippen molar-refractivity contribution in [3.8, 4) is 0 Å². The highest BCUT2D eigenvalue weighted by Crippen LogP contribution is 2.36. The minimum atomic E-state index is -0.582. The molecule has 1 amide bonds. The Morgan fingerprint density at radius 3 is 2.19 bits per heavy atom. The van der Waals surface area contributed by atoms with Crippen LogP contribution in [0.2, 0.25) is 0 Å². The smallest absolute Gasteiger partial charge is 0.321 e. The number of carbonyl (C=O) groups excluding carboxylic acids is 1. The quantitative estimate of drug-likeness (QED) is 0.442. The van der Waals surface area contributed by atoms with Gasteiger partial charge in [-0.3, -0.25) is 13.9 Å². The van der Waals surface area contributed by atoms with E-state index in [9.17, 15) is 14.0 Å². The minimum absolute atomic E-state index is 0.0303. The standard InChI is InChI=1S/C24H22FN3O2S/c1-3-27-20-14-19(26-23(29)17-12-8-9-13-18(17)25)22(31-16-10-6-5-7-11-16)15-21(20)28(4-2)24(27)30/h5-15H,3-4H2,1-2H3,(H,26,29). The van der Waals surface area contributed by atoms with Crippen LogP contribution in [0.1, 0.15) is 24.2 Å². The van der Waals surface area contributed by atoms with Crippen LogP contribution in [0.15, 0.2) is 81.3 Å². The molecule has 0 spiro atoms. The normalized spacial score (nSPS) is 11.1. The van der Waals surface area contributed by atoms with Crippen LogP contribution in [-0.2, 0) is 13.1 Å². The topological polar surface area (TPSA) is 56.0 Å². The summed E-state index contributed by atoms with van der Waals surface area (Å²) in [4.78, 5) is 27.4. The average molecular weight is 436 g/mol. The van der Waals surface area contributed by atoms with Crippen LogP contribution in [0.3, 0.4) is 0 Å². The summed E-state index contributed by atoms with van der Waals surface area (Å²) in [6.07, 6.45) is 0. The van der Waals surface area contributed by atoms with Gasteiger partial charge in [0.05, 0.1) is 22.3 Å². The molecular weight excluding hydrogens is 413 g/mol. The van der Waals surface area contributed by atoms with Crippen LogP contribution in [0.25, 0.3) is 11.0 Å². The number of benzene rings is 3. The van der Waals surface area contributed by atoms with Crippen molar-refractivity contribution in [2.75, 3.05) is 5.32 Å². The number of rotatable bonds is 6. The molecular formula is C24H22FN3O2S. The second kappa shape index (κ2) is 8.81. The molecule has 0 aliphatic heterocycles. The molecule has 0 saturated carbocycles. The number of aryl methyl sites for hydroxylation is 2. The lowest BCUT2D eigenvalue weighted by molar-refractivity contribution is 0.102. The number of carbonyl (C=O) groups is 1. The Morgan fingerprint density at radius 2 is 1.55 bits per heavy atom. The van der Waals surface area contributed by atoms with Gasteiger partial charge in [-0.05, 0) is 50.2 Å². The molecule has 158 valence electrons. The first-order valence-corrected chi connectivity index (χ1v) is 10.9. The maximum atomic E-state index is 14.1. The number of aromatic nitrogens is 2.